The lowest BCUT2D eigenvalue weighted by atomic mass is 10.0. The molecule has 0 aliphatic carbocycles. The zero-order valence-corrected chi connectivity index (χ0v) is 19.1. The van der Waals surface area contributed by atoms with Crippen molar-refractivity contribution >= 4 is 0 Å². The Morgan fingerprint density at radius 2 is 1.35 bits per heavy atom. The predicted molar refractivity (Wildman–Crippen MR) is 128 cm³/mol. The number of aromatic nitrogens is 1. The third-order valence-corrected chi connectivity index (χ3v) is 5.65. The molecule has 3 heteroatoms. The van der Waals surface area contributed by atoms with Gasteiger partial charge in [-0.2, -0.15) is 0 Å². The minimum atomic E-state index is 0.490. The van der Waals surface area contributed by atoms with E-state index in [0.29, 0.717) is 30.7 Å². The smallest absolute Gasteiger partial charge is 0.161 e. The predicted octanol–water partition coefficient (Wildman–Crippen LogP) is 7.32. The summed E-state index contributed by atoms with van der Waals surface area (Å²) in [5.74, 6) is 2.60. The van der Waals surface area contributed by atoms with E-state index in [1.54, 1.807) is 6.07 Å². The summed E-state index contributed by atoms with van der Waals surface area (Å²) >= 11 is 0. The van der Waals surface area contributed by atoms with Crippen LogP contribution in [0.2, 0.25) is 0 Å². The first-order valence-corrected chi connectivity index (χ1v) is 11.2. The topological polar surface area (TPSA) is 31.4 Å². The van der Waals surface area contributed by atoms with Crippen molar-refractivity contribution in [3.05, 3.63) is 73.3 Å². The summed E-state index contributed by atoms with van der Waals surface area (Å²) in [6, 6.07) is 20.2. The maximum Gasteiger partial charge on any atom is 0.161 e. The van der Waals surface area contributed by atoms with Crippen molar-refractivity contribution in [2.75, 3.05) is 13.2 Å². The van der Waals surface area contributed by atoms with Crippen molar-refractivity contribution < 1.29 is 9.47 Å². The molecule has 1 aromatic heterocycles. The van der Waals surface area contributed by atoms with Gasteiger partial charge in [-0.1, -0.05) is 70.9 Å². The molecule has 2 atom stereocenters. The van der Waals surface area contributed by atoms with E-state index in [-0.39, 0.29) is 0 Å². The van der Waals surface area contributed by atoms with Crippen LogP contribution in [0, 0.1) is 18.8 Å². The first-order valence-electron chi connectivity index (χ1n) is 11.2. The van der Waals surface area contributed by atoms with Crippen LogP contribution in [0.5, 0.6) is 11.5 Å². The Bertz CT molecular complexity index is 982. The first kappa shape index (κ1) is 22.9. The molecule has 0 bridgehead atoms. The summed E-state index contributed by atoms with van der Waals surface area (Å²) in [5.41, 5.74) is 4.60. The van der Waals surface area contributed by atoms with Gasteiger partial charge in [-0.25, -0.2) is 0 Å². The molecule has 0 aliphatic rings. The maximum atomic E-state index is 6.19. The molecule has 162 valence electrons. The number of hydrogen-bond acceptors (Lipinski definition) is 3. The van der Waals surface area contributed by atoms with Gasteiger partial charge in [-0.05, 0) is 53.3 Å². The molecule has 2 unspecified atom stereocenters. The second kappa shape index (κ2) is 11.0. The van der Waals surface area contributed by atoms with Gasteiger partial charge in [0.15, 0.2) is 11.5 Å². The molecule has 1 heterocycles. The Labute approximate surface area is 187 Å². The molecule has 3 rings (SSSR count). The minimum absolute atomic E-state index is 0.490. The van der Waals surface area contributed by atoms with Crippen molar-refractivity contribution in [1.29, 1.82) is 0 Å². The van der Waals surface area contributed by atoms with Gasteiger partial charge in [0, 0.05) is 18.2 Å². The van der Waals surface area contributed by atoms with Crippen LogP contribution in [0.1, 0.15) is 46.2 Å². The van der Waals surface area contributed by atoms with E-state index in [4.69, 9.17) is 16.4 Å². The number of benzene rings is 2. The van der Waals surface area contributed by atoms with E-state index in [0.717, 1.165) is 46.7 Å². The Balaban J connectivity index is 1.91. The van der Waals surface area contributed by atoms with Crippen molar-refractivity contribution in [3.63, 3.8) is 0 Å². The minimum Gasteiger partial charge on any atom is -0.489 e. The highest BCUT2D eigenvalue weighted by Gasteiger charge is 2.12. The monoisotopic (exact) mass is 415 g/mol. The van der Waals surface area contributed by atoms with Crippen LogP contribution in [0.3, 0.4) is 0 Å². The van der Waals surface area contributed by atoms with Gasteiger partial charge in [0.1, 0.15) is 0 Å². The van der Waals surface area contributed by atoms with Gasteiger partial charge in [-0.3, -0.25) is 4.98 Å². The van der Waals surface area contributed by atoms with Crippen LogP contribution in [0.15, 0.2) is 60.7 Å². The Morgan fingerprint density at radius 3 is 2.03 bits per heavy atom. The van der Waals surface area contributed by atoms with Crippen molar-refractivity contribution in [3.8, 4) is 33.9 Å². The third kappa shape index (κ3) is 6.33. The molecular weight excluding hydrogens is 382 g/mol. The van der Waals surface area contributed by atoms with Gasteiger partial charge >= 0.3 is 0 Å². The summed E-state index contributed by atoms with van der Waals surface area (Å²) in [6.07, 6.45) is 2.17. The number of rotatable bonds is 10. The zero-order chi connectivity index (χ0) is 22.2. The number of ether oxygens (including phenoxy) is 2. The molecular formula is C28H33NO2. The largest absolute Gasteiger partial charge is 0.489 e. The second-order valence-electron chi connectivity index (χ2n) is 8.34. The van der Waals surface area contributed by atoms with E-state index in [9.17, 15) is 0 Å². The molecule has 0 fully saturated rings. The normalized spacial score (nSPS) is 12.9. The van der Waals surface area contributed by atoms with Gasteiger partial charge in [-0.15, -0.1) is 0 Å². The third-order valence-electron chi connectivity index (χ3n) is 5.65. The van der Waals surface area contributed by atoms with E-state index in [2.05, 4.69) is 63.0 Å². The fourth-order valence-corrected chi connectivity index (χ4v) is 3.09. The summed E-state index contributed by atoms with van der Waals surface area (Å²) in [7, 11) is 0. The standard InChI is InChI=1S/C28H33NO2/c1-6-20(3)18-30-27-15-14-24(17-28(27)31-19-21(4)7-2)23-11-9-12-25(16-23)26-13-8-10-22(5)29-26/h5,8-17,20-21H,6-7,18-19H2,1-4H3. The zero-order valence-electron chi connectivity index (χ0n) is 19.1. The molecule has 0 spiro atoms. The molecule has 31 heavy (non-hydrogen) atoms. The molecule has 2 aromatic carbocycles. The highest BCUT2D eigenvalue weighted by molar-refractivity contribution is 5.73. The van der Waals surface area contributed by atoms with E-state index in [1.165, 1.54) is 0 Å². The quantitative estimate of drug-likeness (QED) is 0.347. The average Bonchev–Trinajstić information content (AvgIpc) is 2.81. The highest BCUT2D eigenvalue weighted by atomic mass is 16.5. The lowest BCUT2D eigenvalue weighted by molar-refractivity contribution is 0.218. The second-order valence-corrected chi connectivity index (χ2v) is 8.34. The number of pyridine rings is 1. The molecule has 0 N–H and O–H groups in total. The van der Waals surface area contributed by atoms with Crippen LogP contribution in [-0.4, -0.2) is 18.2 Å². The Kier molecular flexibility index (Phi) is 8.11. The summed E-state index contributed by atoms with van der Waals surface area (Å²) < 4.78 is 12.3. The van der Waals surface area contributed by atoms with E-state index >= 15 is 0 Å². The molecule has 0 amide bonds. The lowest BCUT2D eigenvalue weighted by Gasteiger charge is -2.18. The molecule has 0 saturated carbocycles. The van der Waals surface area contributed by atoms with E-state index < -0.39 is 0 Å². The molecule has 0 saturated heterocycles. The van der Waals surface area contributed by atoms with Crippen LogP contribution < -0.4 is 9.47 Å². The van der Waals surface area contributed by atoms with Crippen molar-refractivity contribution in [1.82, 2.24) is 4.98 Å². The lowest BCUT2D eigenvalue weighted by Crippen LogP contribution is -2.11. The van der Waals surface area contributed by atoms with E-state index in [1.807, 2.05) is 24.3 Å². The van der Waals surface area contributed by atoms with Crippen molar-refractivity contribution in [2.45, 2.75) is 40.5 Å². The van der Waals surface area contributed by atoms with Gasteiger partial charge in [0.05, 0.1) is 18.9 Å². The highest BCUT2D eigenvalue weighted by Crippen LogP contribution is 2.35. The summed E-state index contributed by atoms with van der Waals surface area (Å²) in [4.78, 5) is 4.45. The summed E-state index contributed by atoms with van der Waals surface area (Å²) in [6.45, 7) is 16.0. The molecule has 3 aromatic rings. The summed E-state index contributed by atoms with van der Waals surface area (Å²) in [5, 5.41) is 0. The van der Waals surface area contributed by atoms with Crippen molar-refractivity contribution in [2.24, 2.45) is 11.8 Å². The average molecular weight is 416 g/mol. The van der Waals surface area contributed by atoms with Gasteiger partial charge < -0.3 is 9.47 Å². The van der Waals surface area contributed by atoms with Crippen LogP contribution in [0.25, 0.3) is 22.4 Å². The number of hydrogen-bond donors (Lipinski definition) is 0. The van der Waals surface area contributed by atoms with Gasteiger partial charge in [0.2, 0.25) is 0 Å². The Hall–Kier alpha value is -2.81. The maximum absolute atomic E-state index is 6.19. The SMILES string of the molecule is [CH]c1cccc(-c2cccc(-c3ccc(OCC(C)CC)c(OCC(C)CC)c3)c2)n1. The number of nitrogens with zero attached hydrogens (tertiary/aromatic N) is 1. The fourth-order valence-electron chi connectivity index (χ4n) is 3.09. The Morgan fingerprint density at radius 1 is 0.742 bits per heavy atom. The van der Waals surface area contributed by atoms with Gasteiger partial charge in [0.25, 0.3) is 0 Å². The molecule has 2 radical (unpaired) electrons. The fraction of sp³-hybridized carbons (Fsp3) is 0.357. The van der Waals surface area contributed by atoms with Crippen LogP contribution in [0.4, 0.5) is 0 Å². The molecule has 0 aliphatic heterocycles. The van der Waals surface area contributed by atoms with Crippen LogP contribution in [-0.2, 0) is 0 Å². The molecule has 3 nitrogen and oxygen atoms in total. The first-order chi connectivity index (χ1) is 15.0. The van der Waals surface area contributed by atoms with Crippen LogP contribution >= 0.6 is 0 Å².